The summed E-state index contributed by atoms with van der Waals surface area (Å²) in [5, 5.41) is 3.46. The van der Waals surface area contributed by atoms with Crippen LogP contribution in [0.2, 0.25) is 0 Å². The van der Waals surface area contributed by atoms with Crippen LogP contribution < -0.4 is 0 Å². The topological polar surface area (TPSA) is 47.9 Å². The van der Waals surface area contributed by atoms with Crippen molar-refractivity contribution in [3.63, 3.8) is 0 Å². The summed E-state index contributed by atoms with van der Waals surface area (Å²) in [6, 6.07) is 0. The fraction of sp³-hybridized carbons (Fsp3) is 0.667. The number of nitrogens with zero attached hydrogens (tertiary/aromatic N) is 1. The normalized spacial score (nSPS) is 10.9. The van der Waals surface area contributed by atoms with E-state index in [1.165, 1.54) is 14.0 Å². The van der Waals surface area contributed by atoms with Crippen molar-refractivity contribution in [3.05, 3.63) is 0 Å². The van der Waals surface area contributed by atoms with E-state index in [0.717, 1.165) is 0 Å². The van der Waals surface area contributed by atoms with Gasteiger partial charge < -0.3 is 9.57 Å². The Morgan fingerprint density at radius 3 is 2.60 bits per heavy atom. The van der Waals surface area contributed by atoms with Gasteiger partial charge in [-0.05, 0) is 13.8 Å². The van der Waals surface area contributed by atoms with E-state index in [1.807, 2.05) is 0 Å². The molecule has 0 radical (unpaired) electrons. The van der Waals surface area contributed by atoms with Crippen molar-refractivity contribution in [2.75, 3.05) is 13.7 Å². The third kappa shape index (κ3) is 3.06. The Morgan fingerprint density at radius 1 is 1.60 bits per heavy atom. The summed E-state index contributed by atoms with van der Waals surface area (Å²) < 4.78 is 4.36. The Bertz CT molecular complexity index is 142. The minimum Gasteiger partial charge on any atom is -0.464 e. The Morgan fingerprint density at radius 2 is 2.20 bits per heavy atom. The highest BCUT2D eigenvalue weighted by atomic mass is 16.6. The maximum Gasteiger partial charge on any atom is 0.355 e. The molecule has 0 aliphatic heterocycles. The molecule has 0 amide bonds. The molecule has 58 valence electrons. The molecule has 4 nitrogen and oxygen atoms in total. The highest BCUT2D eigenvalue weighted by Crippen LogP contribution is 1.83. The number of rotatable bonds is 3. The van der Waals surface area contributed by atoms with Crippen LogP contribution in [0, 0.1) is 0 Å². The summed E-state index contributed by atoms with van der Waals surface area (Å²) in [6.45, 7) is 3.77. The molecule has 0 rings (SSSR count). The zero-order valence-corrected chi connectivity index (χ0v) is 6.38. The quantitative estimate of drug-likeness (QED) is 0.331. The van der Waals surface area contributed by atoms with Crippen LogP contribution in [-0.4, -0.2) is 25.4 Å². The van der Waals surface area contributed by atoms with Gasteiger partial charge >= 0.3 is 5.97 Å². The maximum atomic E-state index is 10.6. The second-order valence-corrected chi connectivity index (χ2v) is 1.59. The van der Waals surface area contributed by atoms with Crippen molar-refractivity contribution in [2.24, 2.45) is 5.16 Å². The summed E-state index contributed by atoms with van der Waals surface area (Å²) in [5.74, 6) is -0.464. The lowest BCUT2D eigenvalue weighted by Gasteiger charge is -1.96. The number of hydrogen-bond donors (Lipinski definition) is 0. The molecule has 0 fully saturated rings. The van der Waals surface area contributed by atoms with Crippen LogP contribution in [0.15, 0.2) is 5.16 Å². The van der Waals surface area contributed by atoms with Gasteiger partial charge in [0.2, 0.25) is 0 Å². The molecular formula is C6H11NO3. The van der Waals surface area contributed by atoms with Crippen LogP contribution in [0.5, 0.6) is 0 Å². The SMILES string of the molecule is CCON=C(C)C(=O)OC. The van der Waals surface area contributed by atoms with E-state index in [2.05, 4.69) is 14.7 Å². The van der Waals surface area contributed by atoms with Gasteiger partial charge in [-0.3, -0.25) is 0 Å². The average Bonchev–Trinajstić information content (AvgIpc) is 1.98. The van der Waals surface area contributed by atoms with Gasteiger partial charge in [-0.25, -0.2) is 4.79 Å². The molecule has 4 heteroatoms. The zero-order valence-electron chi connectivity index (χ0n) is 6.38. The number of oxime groups is 1. The third-order valence-electron chi connectivity index (χ3n) is 0.811. The summed E-state index contributed by atoms with van der Waals surface area (Å²) in [5.41, 5.74) is 0.226. The molecule has 0 unspecified atom stereocenters. The van der Waals surface area contributed by atoms with Gasteiger partial charge in [-0.1, -0.05) is 5.16 Å². The van der Waals surface area contributed by atoms with E-state index in [9.17, 15) is 4.79 Å². The summed E-state index contributed by atoms with van der Waals surface area (Å²) >= 11 is 0. The lowest BCUT2D eigenvalue weighted by molar-refractivity contribution is -0.132. The van der Waals surface area contributed by atoms with Crippen LogP contribution in [-0.2, 0) is 14.4 Å². The molecule has 0 heterocycles. The zero-order chi connectivity index (χ0) is 7.98. The molecule has 0 saturated heterocycles. The number of carbonyl (C=O) groups excluding carboxylic acids is 1. The van der Waals surface area contributed by atoms with Gasteiger partial charge in [0, 0.05) is 0 Å². The Kier molecular flexibility index (Phi) is 4.28. The third-order valence-corrected chi connectivity index (χ3v) is 0.811. The number of hydrogen-bond acceptors (Lipinski definition) is 4. The van der Waals surface area contributed by atoms with Crippen molar-refractivity contribution < 1.29 is 14.4 Å². The van der Waals surface area contributed by atoms with Crippen LogP contribution in [0.4, 0.5) is 0 Å². The molecule has 0 aromatic heterocycles. The van der Waals surface area contributed by atoms with E-state index in [1.54, 1.807) is 6.92 Å². The highest BCUT2D eigenvalue weighted by Gasteiger charge is 2.03. The molecule has 0 spiro atoms. The van der Waals surface area contributed by atoms with Crippen LogP contribution in [0.25, 0.3) is 0 Å². The van der Waals surface area contributed by atoms with E-state index < -0.39 is 5.97 Å². The predicted molar refractivity (Wildman–Crippen MR) is 36.8 cm³/mol. The van der Waals surface area contributed by atoms with Crippen LogP contribution >= 0.6 is 0 Å². The van der Waals surface area contributed by atoms with E-state index >= 15 is 0 Å². The van der Waals surface area contributed by atoms with Gasteiger partial charge in [0.1, 0.15) is 6.61 Å². The average molecular weight is 145 g/mol. The molecule has 10 heavy (non-hydrogen) atoms. The minimum absolute atomic E-state index is 0.226. The highest BCUT2D eigenvalue weighted by molar-refractivity contribution is 6.35. The first-order valence-electron chi connectivity index (χ1n) is 2.97. The van der Waals surface area contributed by atoms with Crippen LogP contribution in [0.1, 0.15) is 13.8 Å². The summed E-state index contributed by atoms with van der Waals surface area (Å²) in [7, 11) is 1.30. The molecule has 0 aromatic rings. The molecule has 0 aliphatic rings. The maximum absolute atomic E-state index is 10.6. The van der Waals surface area contributed by atoms with Crippen LogP contribution in [0.3, 0.4) is 0 Å². The second-order valence-electron chi connectivity index (χ2n) is 1.59. The van der Waals surface area contributed by atoms with Gasteiger partial charge in [-0.15, -0.1) is 0 Å². The van der Waals surface area contributed by atoms with Crippen molar-refractivity contribution in [1.82, 2.24) is 0 Å². The van der Waals surface area contributed by atoms with Gasteiger partial charge in [0.05, 0.1) is 7.11 Å². The Hall–Kier alpha value is -1.06. The monoisotopic (exact) mass is 145 g/mol. The molecule has 0 atom stereocenters. The van der Waals surface area contributed by atoms with Gasteiger partial charge in [0.25, 0.3) is 0 Å². The van der Waals surface area contributed by atoms with Gasteiger partial charge in [-0.2, -0.15) is 0 Å². The van der Waals surface area contributed by atoms with E-state index in [0.29, 0.717) is 6.61 Å². The standard InChI is InChI=1S/C6H11NO3/c1-4-10-7-5(2)6(8)9-3/h4H2,1-3H3. The molecule has 0 bridgehead atoms. The Balaban J connectivity index is 3.80. The molecule has 0 aromatic carbocycles. The molecule has 0 aliphatic carbocycles. The molecular weight excluding hydrogens is 134 g/mol. The first-order valence-corrected chi connectivity index (χ1v) is 2.97. The van der Waals surface area contributed by atoms with Crippen molar-refractivity contribution >= 4 is 11.7 Å². The lowest BCUT2D eigenvalue weighted by Crippen LogP contribution is -2.12. The first kappa shape index (κ1) is 8.94. The number of esters is 1. The van der Waals surface area contributed by atoms with E-state index in [4.69, 9.17) is 0 Å². The fourth-order valence-electron chi connectivity index (χ4n) is 0.346. The first-order chi connectivity index (χ1) is 4.72. The van der Waals surface area contributed by atoms with Crippen molar-refractivity contribution in [3.8, 4) is 0 Å². The Labute approximate surface area is 59.8 Å². The molecule has 0 saturated carbocycles. The van der Waals surface area contributed by atoms with Crippen molar-refractivity contribution in [1.29, 1.82) is 0 Å². The fourth-order valence-corrected chi connectivity index (χ4v) is 0.346. The van der Waals surface area contributed by atoms with E-state index in [-0.39, 0.29) is 5.71 Å². The smallest absolute Gasteiger partial charge is 0.355 e. The minimum atomic E-state index is -0.464. The predicted octanol–water partition coefficient (Wildman–Crippen LogP) is 0.572. The molecule has 0 N–H and O–H groups in total. The largest absolute Gasteiger partial charge is 0.464 e. The van der Waals surface area contributed by atoms with Crippen molar-refractivity contribution in [2.45, 2.75) is 13.8 Å². The lowest BCUT2D eigenvalue weighted by atomic mass is 10.4. The number of carbonyl (C=O) groups is 1. The second kappa shape index (κ2) is 4.78. The number of methoxy groups -OCH3 is 1. The summed E-state index contributed by atoms with van der Waals surface area (Å²) in [4.78, 5) is 15.2. The summed E-state index contributed by atoms with van der Waals surface area (Å²) in [6.07, 6.45) is 0. The number of ether oxygens (including phenoxy) is 1. The van der Waals surface area contributed by atoms with Gasteiger partial charge in [0.15, 0.2) is 5.71 Å².